The van der Waals surface area contributed by atoms with E-state index in [0.29, 0.717) is 0 Å². The first-order valence-corrected chi connectivity index (χ1v) is 2.21. The van der Waals surface area contributed by atoms with E-state index < -0.39 is 0 Å². The summed E-state index contributed by atoms with van der Waals surface area (Å²) < 4.78 is 4.65. The van der Waals surface area contributed by atoms with Crippen molar-refractivity contribution < 1.29 is 61.2 Å². The molecule has 1 aliphatic heterocycles. The fourth-order valence-corrected chi connectivity index (χ4v) is 0.508. The van der Waals surface area contributed by atoms with E-state index >= 15 is 0 Å². The molecular weight excluding hydrogens is 145 g/mol. The summed E-state index contributed by atoms with van der Waals surface area (Å²) in [4.78, 5) is 0. The quantitative estimate of drug-likeness (QED) is 0.331. The fraction of sp³-hybridized carbons (Fsp3) is 0.400. The van der Waals surface area contributed by atoms with Crippen molar-refractivity contribution >= 4 is 0 Å². The number of hydrogen-bond donors (Lipinski definition) is 0. The van der Waals surface area contributed by atoms with Gasteiger partial charge in [0.2, 0.25) is 0 Å². The molecule has 1 aliphatic rings. The van der Waals surface area contributed by atoms with E-state index in [0.717, 1.165) is 0 Å². The summed E-state index contributed by atoms with van der Waals surface area (Å²) in [6.07, 6.45) is 0. The van der Waals surface area contributed by atoms with Gasteiger partial charge in [-0.05, 0) is 0 Å². The van der Waals surface area contributed by atoms with E-state index in [9.17, 15) is 5.11 Å². The molecule has 0 unspecified atom stereocenters. The number of nitrogens with zero attached hydrogens (tertiary/aromatic N) is 1. The van der Waals surface area contributed by atoms with Gasteiger partial charge in [-0.15, -0.1) is 0 Å². The van der Waals surface area contributed by atoms with Crippen LogP contribution in [0.1, 0.15) is 0 Å². The molecule has 0 aromatic carbocycles. The normalized spacial score (nSPS) is 16.8. The Morgan fingerprint density at radius 1 is 1.56 bits per heavy atom. The van der Waals surface area contributed by atoms with Crippen LogP contribution in [-0.2, 0) is 4.74 Å². The molecule has 1 rings (SSSR count). The summed E-state index contributed by atoms with van der Waals surface area (Å²) >= 11 is 0. The molecule has 0 radical (unpaired) electrons. The smallest absolute Gasteiger partial charge is 0.873 e. The van der Waals surface area contributed by atoms with Gasteiger partial charge in [-0.25, -0.2) is 0 Å². The zero-order valence-corrected chi connectivity index (χ0v) is 8.30. The molecule has 0 N–H and O–H groups in total. The molecule has 0 aromatic heterocycles. The molecule has 42 valence electrons. The molecule has 0 amide bonds. The average molecular weight is 149 g/mol. The van der Waals surface area contributed by atoms with Crippen LogP contribution in [0.15, 0.2) is 11.3 Å². The van der Waals surface area contributed by atoms with E-state index in [1.54, 1.807) is 6.07 Å². The van der Waals surface area contributed by atoms with Crippen LogP contribution < -0.4 is 56.5 Å². The third-order valence-electron chi connectivity index (χ3n) is 0.951. The van der Waals surface area contributed by atoms with Gasteiger partial charge in [-0.1, -0.05) is 5.76 Å². The summed E-state index contributed by atoms with van der Waals surface area (Å²) in [7, 11) is 0. The minimum atomic E-state index is -0.174. The fourth-order valence-electron chi connectivity index (χ4n) is 0.508. The van der Waals surface area contributed by atoms with Gasteiger partial charge in [0, 0.05) is 5.57 Å². The van der Waals surface area contributed by atoms with Gasteiger partial charge in [0.1, 0.15) is 0 Å². The number of hydrogen-bond acceptors (Lipinski definition) is 3. The van der Waals surface area contributed by atoms with Crippen molar-refractivity contribution in [1.82, 2.24) is 0 Å². The van der Waals surface area contributed by atoms with Crippen molar-refractivity contribution in [1.29, 1.82) is 5.26 Å². The third kappa shape index (κ3) is 2.38. The molecule has 0 saturated heterocycles. The third-order valence-corrected chi connectivity index (χ3v) is 0.951. The van der Waals surface area contributed by atoms with E-state index in [1.807, 2.05) is 0 Å². The molecule has 0 aliphatic carbocycles. The van der Waals surface area contributed by atoms with Crippen LogP contribution in [-0.4, -0.2) is 13.2 Å². The Morgan fingerprint density at radius 2 is 2.22 bits per heavy atom. The molecule has 0 fully saturated rings. The monoisotopic (exact) mass is 149 g/mol. The minimum Gasteiger partial charge on any atom is -0.873 e. The van der Waals surface area contributed by atoms with Gasteiger partial charge in [-0.2, -0.15) is 5.26 Å². The Morgan fingerprint density at radius 3 is 2.44 bits per heavy atom. The molecule has 0 atom stereocenters. The Balaban J connectivity index is 0.000000640. The van der Waals surface area contributed by atoms with Crippen LogP contribution >= 0.6 is 0 Å². The maximum absolute atomic E-state index is 10.4. The molecule has 0 aromatic rings. The van der Waals surface area contributed by atoms with E-state index in [-0.39, 0.29) is 75.9 Å². The average Bonchev–Trinajstić information content (AvgIpc) is 2.14. The van der Waals surface area contributed by atoms with E-state index in [4.69, 9.17) is 5.26 Å². The van der Waals surface area contributed by atoms with Crippen molar-refractivity contribution in [3.05, 3.63) is 11.3 Å². The van der Waals surface area contributed by atoms with Crippen molar-refractivity contribution in [2.45, 2.75) is 0 Å². The molecule has 4 heteroatoms. The molecule has 0 saturated carbocycles. The van der Waals surface area contributed by atoms with Crippen LogP contribution in [0.4, 0.5) is 0 Å². The van der Waals surface area contributed by atoms with Crippen molar-refractivity contribution in [3.63, 3.8) is 0 Å². The minimum absolute atomic E-state index is 0. The molecular formula is C5H4KNO2. The van der Waals surface area contributed by atoms with E-state index in [1.165, 1.54) is 0 Å². The first kappa shape index (κ1) is 9.63. The Kier molecular flexibility index (Phi) is 4.75. The summed E-state index contributed by atoms with van der Waals surface area (Å²) in [5.41, 5.74) is 0.241. The summed E-state index contributed by atoms with van der Waals surface area (Å²) in [5, 5.41) is 18.6. The molecule has 0 spiro atoms. The van der Waals surface area contributed by atoms with Crippen LogP contribution in [0.5, 0.6) is 0 Å². The largest absolute Gasteiger partial charge is 1.00 e. The van der Waals surface area contributed by atoms with Gasteiger partial charge in [-0.3, -0.25) is 0 Å². The standard InChI is InChI=1S/C5H5NO2.K/c6-1-4-2-8-3-5(4)7;/h7H,2-3H2;/q;+1/p-1. The first-order valence-electron chi connectivity index (χ1n) is 2.21. The van der Waals surface area contributed by atoms with Crippen LogP contribution in [0.25, 0.3) is 0 Å². The van der Waals surface area contributed by atoms with Gasteiger partial charge in [0.15, 0.2) is 0 Å². The van der Waals surface area contributed by atoms with Crippen LogP contribution in [0.3, 0.4) is 0 Å². The SMILES string of the molecule is N#CC1=C([O-])COC1.[K+]. The van der Waals surface area contributed by atoms with E-state index in [2.05, 4.69) is 4.74 Å². The summed E-state index contributed by atoms with van der Waals surface area (Å²) in [5.74, 6) is -0.174. The van der Waals surface area contributed by atoms with Crippen LogP contribution in [0, 0.1) is 11.3 Å². The van der Waals surface area contributed by atoms with Gasteiger partial charge in [0.25, 0.3) is 0 Å². The second-order valence-corrected chi connectivity index (χ2v) is 1.51. The van der Waals surface area contributed by atoms with Gasteiger partial charge >= 0.3 is 51.4 Å². The topological polar surface area (TPSA) is 56.1 Å². The van der Waals surface area contributed by atoms with Gasteiger partial charge < -0.3 is 9.84 Å². The number of ether oxygens (including phenoxy) is 1. The Labute approximate surface area is 95.7 Å². The second-order valence-electron chi connectivity index (χ2n) is 1.51. The van der Waals surface area contributed by atoms with Crippen molar-refractivity contribution in [2.75, 3.05) is 13.2 Å². The predicted octanol–water partition coefficient (Wildman–Crippen LogP) is -3.84. The molecule has 0 bridgehead atoms. The predicted molar refractivity (Wildman–Crippen MR) is 23.5 cm³/mol. The number of nitriles is 1. The van der Waals surface area contributed by atoms with Gasteiger partial charge in [0.05, 0.1) is 19.3 Å². The zero-order valence-electron chi connectivity index (χ0n) is 5.18. The molecule has 3 nitrogen and oxygen atoms in total. The van der Waals surface area contributed by atoms with Crippen molar-refractivity contribution in [3.8, 4) is 6.07 Å². The second kappa shape index (κ2) is 4.44. The zero-order chi connectivity index (χ0) is 5.98. The Bertz CT molecular complexity index is 170. The van der Waals surface area contributed by atoms with Crippen molar-refractivity contribution in [2.24, 2.45) is 0 Å². The maximum Gasteiger partial charge on any atom is 1.00 e. The molecule has 1 heterocycles. The Hall–Kier alpha value is 0.626. The van der Waals surface area contributed by atoms with Crippen LogP contribution in [0.2, 0.25) is 0 Å². The molecule has 9 heavy (non-hydrogen) atoms. The maximum atomic E-state index is 10.4. The number of rotatable bonds is 0. The summed E-state index contributed by atoms with van der Waals surface area (Å²) in [6.45, 7) is 0.290. The summed E-state index contributed by atoms with van der Waals surface area (Å²) in [6, 6.07) is 1.76. The first-order chi connectivity index (χ1) is 3.84.